The third kappa shape index (κ3) is 6.58. The fourth-order valence-corrected chi connectivity index (χ4v) is 4.19. The van der Waals surface area contributed by atoms with E-state index in [2.05, 4.69) is 39.2 Å². The van der Waals surface area contributed by atoms with Crippen LogP contribution < -0.4 is 5.32 Å². The van der Waals surface area contributed by atoms with Crippen molar-refractivity contribution >= 4 is 20.4 Å². The monoisotopic (exact) mass is 387 g/mol. The topological polar surface area (TPSA) is 73.9 Å². The van der Waals surface area contributed by atoms with Crippen molar-refractivity contribution in [3.8, 4) is 0 Å². The summed E-state index contributed by atoms with van der Waals surface area (Å²) in [6, 6.07) is -0.167. The number of rotatable bonds is 4. The SMILES string of the molecule is COC(=O)[C@H]1CC[C@@H](NC(=O)OC(C)(C)C)[C@H](O[Si](C)(C)C(C)(C)C)C1. The lowest BCUT2D eigenvalue weighted by Crippen LogP contribution is -2.55. The molecule has 0 saturated heterocycles. The molecule has 0 radical (unpaired) electrons. The highest BCUT2D eigenvalue weighted by molar-refractivity contribution is 6.74. The number of alkyl carbamates (subject to hydrolysis) is 1. The lowest BCUT2D eigenvalue weighted by atomic mass is 9.84. The van der Waals surface area contributed by atoms with Gasteiger partial charge in [0.15, 0.2) is 8.32 Å². The van der Waals surface area contributed by atoms with Gasteiger partial charge in [-0.25, -0.2) is 4.79 Å². The molecule has 152 valence electrons. The summed E-state index contributed by atoms with van der Waals surface area (Å²) in [4.78, 5) is 24.3. The number of ether oxygens (including phenoxy) is 2. The van der Waals surface area contributed by atoms with Gasteiger partial charge >= 0.3 is 12.1 Å². The smallest absolute Gasteiger partial charge is 0.407 e. The van der Waals surface area contributed by atoms with Crippen molar-refractivity contribution in [2.45, 2.75) is 96.7 Å². The molecule has 0 aromatic carbocycles. The summed E-state index contributed by atoms with van der Waals surface area (Å²) in [5.41, 5.74) is -0.552. The Morgan fingerprint density at radius 1 is 1.04 bits per heavy atom. The predicted molar refractivity (Wildman–Crippen MR) is 105 cm³/mol. The second-order valence-electron chi connectivity index (χ2n) is 9.70. The van der Waals surface area contributed by atoms with Crippen LogP contribution in [-0.2, 0) is 18.7 Å². The number of esters is 1. The Balaban J connectivity index is 2.92. The second kappa shape index (κ2) is 8.29. The molecule has 1 fully saturated rings. The quantitative estimate of drug-likeness (QED) is 0.577. The van der Waals surface area contributed by atoms with Gasteiger partial charge in [-0.3, -0.25) is 4.79 Å². The molecule has 0 unspecified atom stereocenters. The first-order chi connectivity index (χ1) is 11.7. The molecule has 26 heavy (non-hydrogen) atoms. The van der Waals surface area contributed by atoms with Crippen LogP contribution in [0.4, 0.5) is 4.79 Å². The van der Waals surface area contributed by atoms with Gasteiger partial charge < -0.3 is 19.2 Å². The van der Waals surface area contributed by atoms with Gasteiger partial charge in [0.2, 0.25) is 0 Å². The van der Waals surface area contributed by atoms with E-state index in [1.807, 2.05) is 20.8 Å². The van der Waals surface area contributed by atoms with E-state index in [0.717, 1.165) is 0 Å². The Labute approximate surface area is 159 Å². The van der Waals surface area contributed by atoms with Crippen LogP contribution in [0.5, 0.6) is 0 Å². The molecule has 1 N–H and O–H groups in total. The molecule has 7 heteroatoms. The lowest BCUT2D eigenvalue weighted by molar-refractivity contribution is -0.148. The zero-order valence-electron chi connectivity index (χ0n) is 17.9. The normalized spacial score (nSPS) is 24.7. The first-order valence-corrected chi connectivity index (χ1v) is 12.3. The highest BCUT2D eigenvalue weighted by atomic mass is 28.4. The molecular formula is C19H37NO5Si. The first-order valence-electron chi connectivity index (χ1n) is 9.41. The van der Waals surface area contributed by atoms with Gasteiger partial charge in [0.25, 0.3) is 0 Å². The number of carbonyl (C=O) groups excluding carboxylic acids is 2. The van der Waals surface area contributed by atoms with E-state index in [9.17, 15) is 9.59 Å². The third-order valence-electron chi connectivity index (χ3n) is 5.28. The Hall–Kier alpha value is -1.08. The fourth-order valence-electron chi connectivity index (χ4n) is 2.82. The first kappa shape index (κ1) is 23.0. The third-order valence-corrected chi connectivity index (χ3v) is 9.78. The molecule has 0 bridgehead atoms. The van der Waals surface area contributed by atoms with Crippen LogP contribution in [0.3, 0.4) is 0 Å². The fraction of sp³-hybridized carbons (Fsp3) is 0.895. The van der Waals surface area contributed by atoms with Gasteiger partial charge in [-0.1, -0.05) is 20.8 Å². The van der Waals surface area contributed by atoms with Crippen LogP contribution in [0.1, 0.15) is 60.8 Å². The van der Waals surface area contributed by atoms with Gasteiger partial charge in [0, 0.05) is 0 Å². The average Bonchev–Trinajstić information content (AvgIpc) is 2.44. The van der Waals surface area contributed by atoms with Crippen molar-refractivity contribution in [2.75, 3.05) is 7.11 Å². The van der Waals surface area contributed by atoms with Gasteiger partial charge in [0.05, 0.1) is 25.2 Å². The Morgan fingerprint density at radius 2 is 1.62 bits per heavy atom. The maximum atomic E-state index is 12.2. The molecule has 1 saturated carbocycles. The van der Waals surface area contributed by atoms with Crippen molar-refractivity contribution in [1.29, 1.82) is 0 Å². The number of hydrogen-bond acceptors (Lipinski definition) is 5. The molecule has 1 amide bonds. The maximum Gasteiger partial charge on any atom is 0.407 e. The van der Waals surface area contributed by atoms with Crippen LogP contribution >= 0.6 is 0 Å². The molecule has 0 spiro atoms. The Morgan fingerprint density at radius 3 is 2.08 bits per heavy atom. The average molecular weight is 388 g/mol. The number of hydrogen-bond donors (Lipinski definition) is 1. The standard InChI is InChI=1S/C19H37NO5Si/c1-18(2,3)24-17(22)20-14-11-10-13(16(21)23-7)12-15(14)25-26(8,9)19(4,5)6/h13-15H,10-12H2,1-9H3,(H,20,22)/t13-,14+,15+/m0/s1. The zero-order chi connectivity index (χ0) is 20.3. The summed E-state index contributed by atoms with van der Waals surface area (Å²) >= 11 is 0. The molecular weight excluding hydrogens is 350 g/mol. The summed E-state index contributed by atoms with van der Waals surface area (Å²) < 4.78 is 16.9. The Bertz CT molecular complexity index is 507. The highest BCUT2D eigenvalue weighted by Crippen LogP contribution is 2.40. The minimum Gasteiger partial charge on any atom is -0.469 e. The molecule has 0 aromatic heterocycles. The van der Waals surface area contributed by atoms with Gasteiger partial charge in [-0.2, -0.15) is 0 Å². The molecule has 1 aliphatic carbocycles. The van der Waals surface area contributed by atoms with Gasteiger partial charge in [-0.05, 0) is 58.2 Å². The van der Waals surface area contributed by atoms with Crippen LogP contribution in [0.2, 0.25) is 18.1 Å². The minimum atomic E-state index is -2.05. The summed E-state index contributed by atoms with van der Waals surface area (Å²) in [5, 5.41) is 3.00. The zero-order valence-corrected chi connectivity index (χ0v) is 18.9. The summed E-state index contributed by atoms with van der Waals surface area (Å²) in [6.45, 7) is 16.4. The van der Waals surface area contributed by atoms with Crippen molar-refractivity contribution in [2.24, 2.45) is 5.92 Å². The number of methoxy groups -OCH3 is 1. The van der Waals surface area contributed by atoms with E-state index in [-0.39, 0.29) is 29.1 Å². The predicted octanol–water partition coefficient (Wildman–Crippen LogP) is 4.24. The van der Waals surface area contributed by atoms with Crippen molar-refractivity contribution in [3.05, 3.63) is 0 Å². The van der Waals surface area contributed by atoms with Crippen LogP contribution in [0, 0.1) is 5.92 Å². The number of carbonyl (C=O) groups is 2. The summed E-state index contributed by atoms with van der Waals surface area (Å²) in [6.07, 6.45) is 1.23. The summed E-state index contributed by atoms with van der Waals surface area (Å²) in [7, 11) is -0.637. The summed E-state index contributed by atoms with van der Waals surface area (Å²) in [5.74, 6) is -0.393. The molecule has 0 aromatic rings. The molecule has 0 heterocycles. The Kier molecular flexibility index (Phi) is 7.32. The van der Waals surface area contributed by atoms with E-state index >= 15 is 0 Å². The van der Waals surface area contributed by atoms with Crippen LogP contribution in [0.15, 0.2) is 0 Å². The van der Waals surface area contributed by atoms with E-state index < -0.39 is 20.0 Å². The van der Waals surface area contributed by atoms with E-state index in [4.69, 9.17) is 13.9 Å². The number of nitrogens with one attached hydrogen (secondary N) is 1. The second-order valence-corrected chi connectivity index (χ2v) is 14.5. The van der Waals surface area contributed by atoms with Crippen molar-refractivity contribution in [1.82, 2.24) is 5.32 Å². The maximum absolute atomic E-state index is 12.2. The number of amides is 1. The van der Waals surface area contributed by atoms with E-state index in [0.29, 0.717) is 19.3 Å². The molecule has 6 nitrogen and oxygen atoms in total. The van der Waals surface area contributed by atoms with Crippen molar-refractivity contribution < 1.29 is 23.5 Å². The molecule has 1 rings (SSSR count). The van der Waals surface area contributed by atoms with Crippen molar-refractivity contribution in [3.63, 3.8) is 0 Å². The molecule has 0 aliphatic heterocycles. The lowest BCUT2D eigenvalue weighted by Gasteiger charge is -2.44. The van der Waals surface area contributed by atoms with Crippen LogP contribution in [-0.4, -0.2) is 45.2 Å². The van der Waals surface area contributed by atoms with Crippen LogP contribution in [0.25, 0.3) is 0 Å². The minimum absolute atomic E-state index is 0.0433. The molecule has 3 atom stereocenters. The largest absolute Gasteiger partial charge is 0.469 e. The van der Waals surface area contributed by atoms with Gasteiger partial charge in [-0.15, -0.1) is 0 Å². The van der Waals surface area contributed by atoms with E-state index in [1.165, 1.54) is 7.11 Å². The molecule has 1 aliphatic rings. The van der Waals surface area contributed by atoms with E-state index in [1.54, 1.807) is 0 Å². The highest BCUT2D eigenvalue weighted by Gasteiger charge is 2.44. The van der Waals surface area contributed by atoms with Gasteiger partial charge in [0.1, 0.15) is 5.60 Å².